The Kier molecular flexibility index (Phi) is 7.34. The SMILES string of the molecule is COC(=O)c1c(NC(=O)COC(=O)c2c(-c3ccc(C)cc3)c3ccccc3c(=O)n2C)sc2c1CCCC2. The maximum Gasteiger partial charge on any atom is 0.356 e. The predicted molar refractivity (Wildman–Crippen MR) is 151 cm³/mol. The van der Waals surface area contributed by atoms with Gasteiger partial charge in [0.15, 0.2) is 6.61 Å². The van der Waals surface area contributed by atoms with Gasteiger partial charge in [-0.25, -0.2) is 9.59 Å². The van der Waals surface area contributed by atoms with Gasteiger partial charge in [-0.3, -0.25) is 9.59 Å². The first-order valence-electron chi connectivity index (χ1n) is 12.7. The molecule has 1 N–H and O–H groups in total. The van der Waals surface area contributed by atoms with Gasteiger partial charge in [-0.1, -0.05) is 48.0 Å². The number of amides is 1. The van der Waals surface area contributed by atoms with E-state index in [0.717, 1.165) is 47.3 Å². The van der Waals surface area contributed by atoms with Gasteiger partial charge in [0.2, 0.25) is 0 Å². The molecule has 0 saturated carbocycles. The summed E-state index contributed by atoms with van der Waals surface area (Å²) in [5.74, 6) is -1.89. The number of esters is 2. The minimum absolute atomic E-state index is 0.0530. The molecule has 2 aromatic carbocycles. The Labute approximate surface area is 229 Å². The number of anilines is 1. The van der Waals surface area contributed by atoms with Crippen molar-refractivity contribution in [1.82, 2.24) is 4.57 Å². The zero-order chi connectivity index (χ0) is 27.7. The average Bonchev–Trinajstić information content (AvgIpc) is 3.31. The molecule has 1 amide bonds. The molecule has 200 valence electrons. The highest BCUT2D eigenvalue weighted by Gasteiger charge is 2.28. The summed E-state index contributed by atoms with van der Waals surface area (Å²) in [7, 11) is 2.82. The summed E-state index contributed by atoms with van der Waals surface area (Å²) in [6.45, 7) is 1.38. The van der Waals surface area contributed by atoms with Crippen molar-refractivity contribution in [3.63, 3.8) is 0 Å². The minimum atomic E-state index is -0.801. The van der Waals surface area contributed by atoms with E-state index in [1.165, 1.54) is 30.1 Å². The number of ether oxygens (including phenoxy) is 2. The molecule has 9 heteroatoms. The Balaban J connectivity index is 1.45. The van der Waals surface area contributed by atoms with Crippen LogP contribution in [0.1, 0.15) is 49.7 Å². The third kappa shape index (κ3) is 4.97. The molecule has 0 spiro atoms. The normalized spacial score (nSPS) is 12.6. The highest BCUT2D eigenvalue weighted by Crippen LogP contribution is 2.38. The van der Waals surface area contributed by atoms with E-state index in [1.54, 1.807) is 18.2 Å². The molecule has 0 aliphatic heterocycles. The first-order chi connectivity index (χ1) is 18.8. The van der Waals surface area contributed by atoms with Crippen molar-refractivity contribution >= 4 is 45.0 Å². The van der Waals surface area contributed by atoms with E-state index in [9.17, 15) is 19.2 Å². The monoisotopic (exact) mass is 544 g/mol. The summed E-state index contributed by atoms with van der Waals surface area (Å²) in [5.41, 5.74) is 3.35. The maximum atomic E-state index is 13.4. The summed E-state index contributed by atoms with van der Waals surface area (Å²) in [6.07, 6.45) is 3.57. The van der Waals surface area contributed by atoms with Crippen LogP contribution in [0.25, 0.3) is 21.9 Å². The van der Waals surface area contributed by atoms with E-state index in [1.807, 2.05) is 37.3 Å². The van der Waals surface area contributed by atoms with Crippen LogP contribution in [0, 0.1) is 6.92 Å². The smallest absolute Gasteiger partial charge is 0.356 e. The number of hydrogen-bond acceptors (Lipinski definition) is 7. The second-order valence-corrected chi connectivity index (χ2v) is 10.6. The molecule has 39 heavy (non-hydrogen) atoms. The standard InChI is InChI=1S/C30H28N2O6S/c1-17-12-14-18(15-13-17)24-19-8-4-5-9-20(19)28(34)32(2)26(24)30(36)38-16-23(33)31-27-25(29(35)37-3)21-10-6-7-11-22(21)39-27/h4-5,8-9,12-15H,6-7,10-11,16H2,1-3H3,(H,31,33). The average molecular weight is 545 g/mol. The maximum absolute atomic E-state index is 13.4. The molecule has 0 bridgehead atoms. The summed E-state index contributed by atoms with van der Waals surface area (Å²) < 4.78 is 11.7. The number of nitrogens with zero attached hydrogens (tertiary/aromatic N) is 1. The molecule has 0 fully saturated rings. The number of aromatic nitrogens is 1. The molecule has 2 heterocycles. The molecule has 0 radical (unpaired) electrons. The van der Waals surface area contributed by atoms with E-state index >= 15 is 0 Å². The fraction of sp³-hybridized carbons (Fsp3) is 0.267. The lowest BCUT2D eigenvalue weighted by Gasteiger charge is -2.17. The first kappa shape index (κ1) is 26.4. The Morgan fingerprint density at radius 3 is 2.38 bits per heavy atom. The second kappa shape index (κ2) is 10.9. The van der Waals surface area contributed by atoms with Crippen molar-refractivity contribution in [1.29, 1.82) is 0 Å². The van der Waals surface area contributed by atoms with Gasteiger partial charge >= 0.3 is 11.9 Å². The Morgan fingerprint density at radius 2 is 1.67 bits per heavy atom. The van der Waals surface area contributed by atoms with E-state index < -0.39 is 24.5 Å². The van der Waals surface area contributed by atoms with Crippen molar-refractivity contribution in [2.24, 2.45) is 7.05 Å². The number of methoxy groups -OCH3 is 1. The van der Waals surface area contributed by atoms with E-state index in [-0.39, 0.29) is 11.3 Å². The number of rotatable bonds is 6. The molecule has 1 aliphatic carbocycles. The van der Waals surface area contributed by atoms with Gasteiger partial charge in [0, 0.05) is 22.9 Å². The molecule has 2 aromatic heterocycles. The molecular formula is C30H28N2O6S. The fourth-order valence-electron chi connectivity index (χ4n) is 5.05. The van der Waals surface area contributed by atoms with Gasteiger partial charge in [0.05, 0.1) is 12.7 Å². The Hall–Kier alpha value is -4.24. The molecule has 5 rings (SSSR count). The Morgan fingerprint density at radius 1 is 0.974 bits per heavy atom. The van der Waals surface area contributed by atoms with Gasteiger partial charge < -0.3 is 19.4 Å². The van der Waals surface area contributed by atoms with Gasteiger partial charge in [-0.05, 0) is 55.2 Å². The van der Waals surface area contributed by atoms with Crippen LogP contribution in [0.4, 0.5) is 5.00 Å². The minimum Gasteiger partial charge on any atom is -0.465 e. The number of fused-ring (bicyclic) bond motifs is 2. The molecule has 4 aromatic rings. The molecule has 0 atom stereocenters. The lowest BCUT2D eigenvalue weighted by Crippen LogP contribution is -2.28. The highest BCUT2D eigenvalue weighted by molar-refractivity contribution is 7.17. The van der Waals surface area contributed by atoms with Crippen molar-refractivity contribution < 1.29 is 23.9 Å². The predicted octanol–water partition coefficient (Wildman–Crippen LogP) is 5.04. The highest BCUT2D eigenvalue weighted by atomic mass is 32.1. The van der Waals surface area contributed by atoms with Crippen molar-refractivity contribution in [3.8, 4) is 11.1 Å². The van der Waals surface area contributed by atoms with Gasteiger partial charge in [0.1, 0.15) is 10.7 Å². The van der Waals surface area contributed by atoms with Gasteiger partial charge in [0.25, 0.3) is 11.5 Å². The van der Waals surface area contributed by atoms with Gasteiger partial charge in [-0.15, -0.1) is 11.3 Å². The van der Waals surface area contributed by atoms with Crippen molar-refractivity contribution in [2.75, 3.05) is 19.0 Å². The van der Waals surface area contributed by atoms with Gasteiger partial charge in [-0.2, -0.15) is 0 Å². The molecule has 8 nitrogen and oxygen atoms in total. The zero-order valence-electron chi connectivity index (χ0n) is 22.0. The lowest BCUT2D eigenvalue weighted by atomic mass is 9.95. The van der Waals surface area contributed by atoms with Crippen LogP contribution in [0.5, 0.6) is 0 Å². The number of carbonyl (C=O) groups excluding carboxylic acids is 3. The van der Waals surface area contributed by atoms with Crippen molar-refractivity contribution in [2.45, 2.75) is 32.6 Å². The number of hydrogen-bond donors (Lipinski definition) is 1. The van der Waals surface area contributed by atoms with E-state index in [0.29, 0.717) is 26.9 Å². The number of carbonyl (C=O) groups is 3. The van der Waals surface area contributed by atoms with E-state index in [4.69, 9.17) is 9.47 Å². The number of benzene rings is 2. The zero-order valence-corrected chi connectivity index (χ0v) is 22.8. The molecule has 0 unspecified atom stereocenters. The van der Waals surface area contributed by atoms with Crippen LogP contribution in [0.2, 0.25) is 0 Å². The summed E-state index contributed by atoms with van der Waals surface area (Å²) in [6, 6.07) is 14.7. The van der Waals surface area contributed by atoms with Crippen LogP contribution in [0.15, 0.2) is 53.3 Å². The molecule has 1 aliphatic rings. The number of thiophene rings is 1. The van der Waals surface area contributed by atoms with Crippen LogP contribution < -0.4 is 10.9 Å². The van der Waals surface area contributed by atoms with Crippen LogP contribution in [-0.2, 0) is 34.2 Å². The largest absolute Gasteiger partial charge is 0.465 e. The van der Waals surface area contributed by atoms with Crippen LogP contribution >= 0.6 is 11.3 Å². The molecular weight excluding hydrogens is 516 g/mol. The first-order valence-corrected chi connectivity index (χ1v) is 13.5. The summed E-state index contributed by atoms with van der Waals surface area (Å²) in [4.78, 5) is 53.0. The van der Waals surface area contributed by atoms with Crippen LogP contribution in [-0.4, -0.2) is 36.1 Å². The second-order valence-electron chi connectivity index (χ2n) is 9.53. The number of nitrogens with one attached hydrogen (secondary N) is 1. The fourth-order valence-corrected chi connectivity index (χ4v) is 6.34. The quantitative estimate of drug-likeness (QED) is 0.341. The Bertz CT molecular complexity index is 1670. The molecule has 0 saturated heterocycles. The van der Waals surface area contributed by atoms with E-state index in [2.05, 4.69) is 5.32 Å². The topological polar surface area (TPSA) is 104 Å². The third-order valence-corrected chi connectivity index (χ3v) is 8.19. The number of aryl methyl sites for hydroxylation is 2. The number of pyridine rings is 1. The summed E-state index contributed by atoms with van der Waals surface area (Å²) >= 11 is 1.35. The third-order valence-electron chi connectivity index (χ3n) is 6.99. The lowest BCUT2D eigenvalue weighted by molar-refractivity contribution is -0.119. The van der Waals surface area contributed by atoms with Crippen molar-refractivity contribution in [3.05, 3.63) is 86.1 Å². The summed E-state index contributed by atoms with van der Waals surface area (Å²) in [5, 5.41) is 4.22. The van der Waals surface area contributed by atoms with Crippen LogP contribution in [0.3, 0.4) is 0 Å².